The Labute approximate surface area is 89.7 Å². The number of aromatic nitrogens is 2. The van der Waals surface area contributed by atoms with Crippen molar-refractivity contribution >= 4 is 23.5 Å². The van der Waals surface area contributed by atoms with Crippen LogP contribution in [0.15, 0.2) is 12.3 Å². The zero-order valence-corrected chi connectivity index (χ0v) is 8.55. The molecule has 82 valence electrons. The van der Waals surface area contributed by atoms with Gasteiger partial charge in [0.25, 0.3) is 5.91 Å². The van der Waals surface area contributed by atoms with E-state index in [1.54, 1.807) is 0 Å². The van der Waals surface area contributed by atoms with Gasteiger partial charge in [0, 0.05) is 12.6 Å². The van der Waals surface area contributed by atoms with Crippen molar-refractivity contribution in [1.29, 1.82) is 0 Å². The van der Waals surface area contributed by atoms with Crippen LogP contribution in [0.4, 0.5) is 14.7 Å². The standard InChI is InChI=1S/C8H8ClF2N3O/c1-2-8(10,11)6(15)14-7-12-4-3-5(9)13-7/h3-4H,2H2,1H3,(H,12,13,14,15). The van der Waals surface area contributed by atoms with E-state index < -0.39 is 18.3 Å². The fourth-order valence-corrected chi connectivity index (χ4v) is 0.887. The molecule has 0 aromatic carbocycles. The maximum absolute atomic E-state index is 12.8. The number of hydrogen-bond donors (Lipinski definition) is 1. The molecule has 0 saturated carbocycles. The second-order valence-electron chi connectivity index (χ2n) is 2.72. The topological polar surface area (TPSA) is 54.9 Å². The molecule has 4 nitrogen and oxygen atoms in total. The number of nitrogens with zero attached hydrogens (tertiary/aromatic N) is 2. The molecule has 0 bridgehead atoms. The highest BCUT2D eigenvalue weighted by Gasteiger charge is 2.36. The first-order valence-corrected chi connectivity index (χ1v) is 4.51. The Kier molecular flexibility index (Phi) is 3.52. The van der Waals surface area contributed by atoms with E-state index in [9.17, 15) is 13.6 Å². The number of anilines is 1. The van der Waals surface area contributed by atoms with Crippen LogP contribution in [0.2, 0.25) is 5.15 Å². The minimum Gasteiger partial charge on any atom is -0.289 e. The third kappa shape index (κ3) is 3.09. The normalized spacial score (nSPS) is 11.2. The third-order valence-electron chi connectivity index (χ3n) is 1.62. The summed E-state index contributed by atoms with van der Waals surface area (Å²) >= 11 is 5.49. The summed E-state index contributed by atoms with van der Waals surface area (Å²) in [7, 11) is 0. The van der Waals surface area contributed by atoms with Crippen molar-refractivity contribution in [3.8, 4) is 0 Å². The first-order chi connectivity index (χ1) is 6.95. The Morgan fingerprint density at radius 1 is 1.67 bits per heavy atom. The first-order valence-electron chi connectivity index (χ1n) is 4.13. The Morgan fingerprint density at radius 3 is 2.87 bits per heavy atom. The average molecular weight is 236 g/mol. The number of rotatable bonds is 3. The van der Waals surface area contributed by atoms with Crippen LogP contribution in [0.25, 0.3) is 0 Å². The van der Waals surface area contributed by atoms with E-state index in [0.717, 1.165) is 0 Å². The number of carbonyl (C=O) groups excluding carboxylic acids is 1. The van der Waals surface area contributed by atoms with Crippen molar-refractivity contribution < 1.29 is 13.6 Å². The summed E-state index contributed by atoms with van der Waals surface area (Å²) in [5.74, 6) is -5.10. The molecule has 0 spiro atoms. The summed E-state index contributed by atoms with van der Waals surface area (Å²) in [6, 6.07) is 1.37. The van der Waals surface area contributed by atoms with Gasteiger partial charge in [-0.3, -0.25) is 10.1 Å². The Balaban J connectivity index is 2.75. The second-order valence-corrected chi connectivity index (χ2v) is 3.10. The van der Waals surface area contributed by atoms with Crippen LogP contribution >= 0.6 is 11.6 Å². The van der Waals surface area contributed by atoms with E-state index in [2.05, 4.69) is 9.97 Å². The lowest BCUT2D eigenvalue weighted by atomic mass is 10.2. The Hall–Kier alpha value is -1.30. The lowest BCUT2D eigenvalue weighted by Gasteiger charge is -2.12. The first kappa shape index (κ1) is 11.8. The summed E-state index contributed by atoms with van der Waals surface area (Å²) in [4.78, 5) is 18.1. The van der Waals surface area contributed by atoms with Crippen LogP contribution in [0, 0.1) is 0 Å². The van der Waals surface area contributed by atoms with Crippen LogP contribution in [-0.2, 0) is 4.79 Å². The van der Waals surface area contributed by atoms with Crippen molar-refractivity contribution in [1.82, 2.24) is 9.97 Å². The molecule has 1 aromatic rings. The molecule has 15 heavy (non-hydrogen) atoms. The predicted molar refractivity (Wildman–Crippen MR) is 50.9 cm³/mol. The molecule has 0 radical (unpaired) electrons. The van der Waals surface area contributed by atoms with Gasteiger partial charge >= 0.3 is 5.92 Å². The van der Waals surface area contributed by atoms with Crippen LogP contribution in [0.5, 0.6) is 0 Å². The van der Waals surface area contributed by atoms with Gasteiger partial charge < -0.3 is 0 Å². The van der Waals surface area contributed by atoms with E-state index >= 15 is 0 Å². The van der Waals surface area contributed by atoms with E-state index in [1.165, 1.54) is 19.2 Å². The fraction of sp³-hybridized carbons (Fsp3) is 0.375. The zero-order chi connectivity index (χ0) is 11.5. The second kappa shape index (κ2) is 4.48. The molecule has 0 aliphatic carbocycles. The third-order valence-corrected chi connectivity index (χ3v) is 1.83. The summed E-state index contributed by atoms with van der Waals surface area (Å²) in [6.45, 7) is 1.21. The lowest BCUT2D eigenvalue weighted by Crippen LogP contribution is -2.34. The minimum absolute atomic E-state index is 0.0696. The van der Waals surface area contributed by atoms with E-state index in [0.29, 0.717) is 0 Å². The molecular formula is C8H8ClF2N3O. The van der Waals surface area contributed by atoms with Crippen LogP contribution in [0.1, 0.15) is 13.3 Å². The highest BCUT2D eigenvalue weighted by atomic mass is 35.5. The van der Waals surface area contributed by atoms with Gasteiger partial charge in [-0.05, 0) is 6.07 Å². The van der Waals surface area contributed by atoms with E-state index in [4.69, 9.17) is 11.6 Å². The molecule has 0 aliphatic rings. The molecule has 0 unspecified atom stereocenters. The number of hydrogen-bond acceptors (Lipinski definition) is 3. The largest absolute Gasteiger partial charge is 0.324 e. The maximum atomic E-state index is 12.8. The summed E-state index contributed by atoms with van der Waals surface area (Å²) in [6.07, 6.45) is 0.675. The van der Waals surface area contributed by atoms with Gasteiger partial charge in [-0.2, -0.15) is 8.78 Å². The number of alkyl halides is 2. The van der Waals surface area contributed by atoms with Gasteiger partial charge in [-0.15, -0.1) is 0 Å². The highest BCUT2D eigenvalue weighted by molar-refractivity contribution is 6.29. The predicted octanol–water partition coefficient (Wildman–Crippen LogP) is 2.11. The Bertz CT molecular complexity index is 373. The van der Waals surface area contributed by atoms with Crippen LogP contribution in [-0.4, -0.2) is 21.8 Å². The molecule has 1 amide bonds. The number of amides is 1. The van der Waals surface area contributed by atoms with Crippen molar-refractivity contribution in [3.63, 3.8) is 0 Å². The van der Waals surface area contributed by atoms with E-state index in [-0.39, 0.29) is 11.1 Å². The summed E-state index contributed by atoms with van der Waals surface area (Å²) in [5, 5.41) is 1.95. The molecule has 1 aromatic heterocycles. The summed E-state index contributed by atoms with van der Waals surface area (Å²) in [5.41, 5.74) is 0. The minimum atomic E-state index is -3.42. The van der Waals surface area contributed by atoms with Crippen molar-refractivity contribution in [3.05, 3.63) is 17.4 Å². The van der Waals surface area contributed by atoms with Gasteiger partial charge in [-0.25, -0.2) is 9.97 Å². The molecule has 0 aliphatic heterocycles. The molecule has 7 heteroatoms. The number of carbonyl (C=O) groups is 1. The van der Waals surface area contributed by atoms with Crippen LogP contribution in [0.3, 0.4) is 0 Å². The highest BCUT2D eigenvalue weighted by Crippen LogP contribution is 2.19. The van der Waals surface area contributed by atoms with Crippen molar-refractivity contribution in [2.24, 2.45) is 0 Å². The van der Waals surface area contributed by atoms with E-state index in [1.807, 2.05) is 5.32 Å². The lowest BCUT2D eigenvalue weighted by molar-refractivity contribution is -0.139. The SMILES string of the molecule is CCC(F)(F)C(=O)Nc1nccc(Cl)n1. The maximum Gasteiger partial charge on any atom is 0.324 e. The van der Waals surface area contributed by atoms with Gasteiger partial charge in [0.1, 0.15) is 5.15 Å². The van der Waals surface area contributed by atoms with Gasteiger partial charge in [0.05, 0.1) is 0 Å². The zero-order valence-electron chi connectivity index (χ0n) is 7.80. The smallest absolute Gasteiger partial charge is 0.289 e. The molecule has 1 N–H and O–H groups in total. The molecular weight excluding hydrogens is 228 g/mol. The van der Waals surface area contributed by atoms with Crippen LogP contribution < -0.4 is 5.32 Å². The number of halogens is 3. The molecule has 0 saturated heterocycles. The Morgan fingerprint density at radius 2 is 2.33 bits per heavy atom. The molecule has 1 rings (SSSR count). The summed E-state index contributed by atoms with van der Waals surface area (Å²) < 4.78 is 25.7. The van der Waals surface area contributed by atoms with Crippen molar-refractivity contribution in [2.75, 3.05) is 5.32 Å². The van der Waals surface area contributed by atoms with Gasteiger partial charge in [-0.1, -0.05) is 18.5 Å². The molecule has 0 atom stereocenters. The van der Waals surface area contributed by atoms with Crippen molar-refractivity contribution in [2.45, 2.75) is 19.3 Å². The van der Waals surface area contributed by atoms with Gasteiger partial charge in [0.2, 0.25) is 5.95 Å². The van der Waals surface area contributed by atoms with Gasteiger partial charge in [0.15, 0.2) is 0 Å². The average Bonchev–Trinajstić information content (AvgIpc) is 2.17. The molecule has 0 fully saturated rings. The fourth-order valence-electron chi connectivity index (χ4n) is 0.750. The molecule has 1 heterocycles. The quantitative estimate of drug-likeness (QED) is 0.817. The monoisotopic (exact) mass is 235 g/mol. The number of nitrogens with one attached hydrogen (secondary N) is 1.